The third-order valence-corrected chi connectivity index (χ3v) is 4.86. The van der Waals surface area contributed by atoms with Gasteiger partial charge in [-0.2, -0.15) is 0 Å². The molecule has 0 heterocycles. The third-order valence-electron chi connectivity index (χ3n) is 4.63. The molecule has 0 spiro atoms. The molecule has 0 saturated heterocycles. The van der Waals surface area contributed by atoms with Gasteiger partial charge in [0.2, 0.25) is 5.91 Å². The van der Waals surface area contributed by atoms with Crippen LogP contribution < -0.4 is 10.1 Å². The molecule has 0 radical (unpaired) electrons. The molecule has 2 aromatic carbocycles. The van der Waals surface area contributed by atoms with Crippen LogP contribution in [0.2, 0.25) is 5.02 Å². The molecule has 0 aliphatic carbocycles. The fraction of sp³-hybridized carbons (Fsp3) is 0.364. The zero-order valence-electron chi connectivity index (χ0n) is 16.8. The van der Waals surface area contributed by atoms with E-state index in [4.69, 9.17) is 16.3 Å². The molecule has 0 aliphatic heterocycles. The maximum Gasteiger partial charge on any atom is 0.261 e. The molecule has 0 bridgehead atoms. The van der Waals surface area contributed by atoms with Crippen molar-refractivity contribution < 1.29 is 18.7 Å². The highest BCUT2D eigenvalue weighted by molar-refractivity contribution is 6.30. The Morgan fingerprint density at radius 1 is 1.17 bits per heavy atom. The van der Waals surface area contributed by atoms with E-state index in [1.807, 2.05) is 13.8 Å². The number of amides is 2. The molecule has 2 rings (SSSR count). The number of carbonyl (C=O) groups is 2. The second-order valence-electron chi connectivity index (χ2n) is 6.85. The SMILES string of the molecule is CC[C@H](C)NC(=O)[C@@H](C)N(Cc1ccccc1F)C(=O)COc1cccc(Cl)c1. The number of rotatable bonds is 9. The van der Waals surface area contributed by atoms with Gasteiger partial charge in [0, 0.05) is 23.2 Å². The van der Waals surface area contributed by atoms with Crippen molar-refractivity contribution in [1.29, 1.82) is 0 Å². The van der Waals surface area contributed by atoms with E-state index >= 15 is 0 Å². The van der Waals surface area contributed by atoms with Crippen molar-refractivity contribution in [2.75, 3.05) is 6.61 Å². The number of hydrogen-bond acceptors (Lipinski definition) is 3. The van der Waals surface area contributed by atoms with Crippen LogP contribution >= 0.6 is 11.6 Å². The standard InChI is InChI=1S/C22H26ClFN2O3/c1-4-15(2)25-22(28)16(3)26(13-17-8-5-6-11-20(17)24)21(27)14-29-19-10-7-9-18(23)12-19/h5-12,15-16H,4,13-14H2,1-3H3,(H,25,28)/t15-,16+/m0/s1. The third kappa shape index (κ3) is 6.75. The Labute approximate surface area is 175 Å². The number of benzene rings is 2. The highest BCUT2D eigenvalue weighted by Gasteiger charge is 2.27. The number of nitrogens with zero attached hydrogens (tertiary/aromatic N) is 1. The summed E-state index contributed by atoms with van der Waals surface area (Å²) in [5.74, 6) is -0.726. The van der Waals surface area contributed by atoms with Crippen molar-refractivity contribution in [2.45, 2.75) is 45.8 Å². The van der Waals surface area contributed by atoms with Crippen LogP contribution in [0.3, 0.4) is 0 Å². The Morgan fingerprint density at radius 2 is 1.90 bits per heavy atom. The molecule has 2 aromatic rings. The number of carbonyl (C=O) groups excluding carboxylic acids is 2. The van der Waals surface area contributed by atoms with Crippen LogP contribution in [0, 0.1) is 5.82 Å². The predicted molar refractivity (Wildman–Crippen MR) is 111 cm³/mol. The molecule has 2 atom stereocenters. The molecule has 5 nitrogen and oxygen atoms in total. The van der Waals surface area contributed by atoms with E-state index in [1.165, 1.54) is 11.0 Å². The zero-order chi connectivity index (χ0) is 21.4. The highest BCUT2D eigenvalue weighted by Crippen LogP contribution is 2.18. The van der Waals surface area contributed by atoms with Gasteiger partial charge in [0.25, 0.3) is 5.91 Å². The van der Waals surface area contributed by atoms with Crippen LogP contribution in [0.15, 0.2) is 48.5 Å². The van der Waals surface area contributed by atoms with Crippen molar-refractivity contribution in [3.8, 4) is 5.75 Å². The lowest BCUT2D eigenvalue weighted by atomic mass is 10.1. The quantitative estimate of drug-likeness (QED) is 0.661. The van der Waals surface area contributed by atoms with Crippen molar-refractivity contribution in [3.05, 3.63) is 64.9 Å². The van der Waals surface area contributed by atoms with E-state index in [1.54, 1.807) is 49.4 Å². The van der Waals surface area contributed by atoms with Gasteiger partial charge in [-0.05, 0) is 44.5 Å². The topological polar surface area (TPSA) is 58.6 Å². The summed E-state index contributed by atoms with van der Waals surface area (Å²) in [5.41, 5.74) is 0.326. The van der Waals surface area contributed by atoms with Gasteiger partial charge in [0.1, 0.15) is 17.6 Å². The Kier molecular flexibility index (Phi) is 8.46. The van der Waals surface area contributed by atoms with E-state index in [-0.39, 0.29) is 25.1 Å². The van der Waals surface area contributed by atoms with Crippen LogP contribution in [-0.4, -0.2) is 35.4 Å². The maximum absolute atomic E-state index is 14.2. The zero-order valence-corrected chi connectivity index (χ0v) is 17.6. The molecule has 0 aliphatic rings. The van der Waals surface area contributed by atoms with Crippen molar-refractivity contribution in [3.63, 3.8) is 0 Å². The van der Waals surface area contributed by atoms with Crippen LogP contribution in [-0.2, 0) is 16.1 Å². The summed E-state index contributed by atoms with van der Waals surface area (Å²) in [4.78, 5) is 26.8. The van der Waals surface area contributed by atoms with Crippen LogP contribution in [0.5, 0.6) is 5.75 Å². The lowest BCUT2D eigenvalue weighted by Gasteiger charge is -2.29. The van der Waals surface area contributed by atoms with E-state index in [0.29, 0.717) is 16.3 Å². The monoisotopic (exact) mass is 420 g/mol. The van der Waals surface area contributed by atoms with Crippen LogP contribution in [0.4, 0.5) is 4.39 Å². The Hall–Kier alpha value is -2.60. The fourth-order valence-electron chi connectivity index (χ4n) is 2.64. The van der Waals surface area contributed by atoms with Gasteiger partial charge >= 0.3 is 0 Å². The van der Waals surface area contributed by atoms with Gasteiger partial charge in [-0.15, -0.1) is 0 Å². The molecule has 0 fully saturated rings. The number of nitrogens with one attached hydrogen (secondary N) is 1. The second kappa shape index (κ2) is 10.8. The second-order valence-corrected chi connectivity index (χ2v) is 7.29. The van der Waals surface area contributed by atoms with Crippen LogP contribution in [0.1, 0.15) is 32.8 Å². The van der Waals surface area contributed by atoms with Gasteiger partial charge in [-0.3, -0.25) is 9.59 Å². The summed E-state index contributed by atoms with van der Waals surface area (Å²) in [6.45, 7) is 5.12. The molecule has 2 amide bonds. The van der Waals surface area contributed by atoms with Crippen LogP contribution in [0.25, 0.3) is 0 Å². The van der Waals surface area contributed by atoms with E-state index < -0.39 is 17.8 Å². The van der Waals surface area contributed by atoms with Crippen molar-refractivity contribution >= 4 is 23.4 Å². The molecule has 0 unspecified atom stereocenters. The average Bonchev–Trinajstić information content (AvgIpc) is 2.70. The van der Waals surface area contributed by atoms with E-state index in [0.717, 1.165) is 6.42 Å². The molecule has 156 valence electrons. The Morgan fingerprint density at radius 3 is 2.55 bits per heavy atom. The lowest BCUT2D eigenvalue weighted by molar-refractivity contribution is -0.142. The Bertz CT molecular complexity index is 846. The summed E-state index contributed by atoms with van der Waals surface area (Å²) in [6, 6.07) is 12.0. The molecule has 7 heteroatoms. The number of ether oxygens (including phenoxy) is 1. The first kappa shape index (κ1) is 22.7. The minimum atomic E-state index is -0.793. The first-order valence-electron chi connectivity index (χ1n) is 9.53. The molecular formula is C22H26ClFN2O3. The summed E-state index contributed by atoms with van der Waals surface area (Å²) < 4.78 is 19.7. The minimum Gasteiger partial charge on any atom is -0.484 e. The van der Waals surface area contributed by atoms with Gasteiger partial charge in [-0.25, -0.2) is 4.39 Å². The first-order valence-corrected chi connectivity index (χ1v) is 9.91. The lowest BCUT2D eigenvalue weighted by Crippen LogP contribution is -2.50. The normalized spacial score (nSPS) is 12.7. The smallest absolute Gasteiger partial charge is 0.261 e. The first-order chi connectivity index (χ1) is 13.8. The predicted octanol–water partition coefficient (Wildman–Crippen LogP) is 4.19. The van der Waals surface area contributed by atoms with E-state index in [9.17, 15) is 14.0 Å². The Balaban J connectivity index is 2.17. The number of halogens is 2. The van der Waals surface area contributed by atoms with Crippen molar-refractivity contribution in [1.82, 2.24) is 10.2 Å². The fourth-order valence-corrected chi connectivity index (χ4v) is 2.82. The molecule has 1 N–H and O–H groups in total. The number of hydrogen-bond donors (Lipinski definition) is 1. The summed E-state index contributed by atoms with van der Waals surface area (Å²) in [7, 11) is 0. The largest absolute Gasteiger partial charge is 0.484 e. The molecule has 29 heavy (non-hydrogen) atoms. The van der Waals surface area contributed by atoms with Gasteiger partial charge in [-0.1, -0.05) is 42.8 Å². The highest BCUT2D eigenvalue weighted by atomic mass is 35.5. The molecule has 0 aromatic heterocycles. The van der Waals surface area contributed by atoms with Gasteiger partial charge < -0.3 is 15.0 Å². The molecule has 0 saturated carbocycles. The minimum absolute atomic E-state index is 0.0296. The summed E-state index contributed by atoms with van der Waals surface area (Å²) >= 11 is 5.93. The summed E-state index contributed by atoms with van der Waals surface area (Å²) in [5, 5.41) is 3.35. The summed E-state index contributed by atoms with van der Waals surface area (Å²) in [6.07, 6.45) is 0.762. The molecular weight excluding hydrogens is 395 g/mol. The average molecular weight is 421 g/mol. The van der Waals surface area contributed by atoms with Gasteiger partial charge in [0.05, 0.1) is 0 Å². The van der Waals surface area contributed by atoms with E-state index in [2.05, 4.69) is 5.32 Å². The van der Waals surface area contributed by atoms with Gasteiger partial charge in [0.15, 0.2) is 6.61 Å². The van der Waals surface area contributed by atoms with Crippen molar-refractivity contribution in [2.24, 2.45) is 0 Å². The maximum atomic E-state index is 14.2.